The van der Waals surface area contributed by atoms with Gasteiger partial charge >= 0.3 is 11.9 Å². The lowest BCUT2D eigenvalue weighted by molar-refractivity contribution is -0.195. The second-order valence-electron chi connectivity index (χ2n) is 7.51. The third-order valence-corrected chi connectivity index (χ3v) is 5.74. The molecule has 0 aliphatic heterocycles. The summed E-state index contributed by atoms with van der Waals surface area (Å²) in [5.41, 5.74) is -3.02. The fourth-order valence-electron chi connectivity index (χ4n) is 2.78. The highest BCUT2D eigenvalue weighted by Gasteiger charge is 2.55. The molecule has 0 saturated heterocycles. The van der Waals surface area contributed by atoms with Crippen molar-refractivity contribution in [2.45, 2.75) is 46.1 Å². The second-order valence-corrected chi connectivity index (χ2v) is 9.27. The van der Waals surface area contributed by atoms with Crippen LogP contribution in [0, 0.1) is 5.41 Å². The van der Waals surface area contributed by atoms with Gasteiger partial charge in [-0.2, -0.15) is 8.42 Å². The fraction of sp³-hybridized carbons (Fsp3) is 0.579. The van der Waals surface area contributed by atoms with Gasteiger partial charge in [0.1, 0.15) is 0 Å². The average molecular weight is 481 g/mol. The molecule has 1 rings (SSSR count). The zero-order valence-electron chi connectivity index (χ0n) is 17.9. The Hall–Kier alpha value is -2.24. The third-order valence-electron chi connectivity index (χ3n) is 4.48. The number of hydrogen-bond acceptors (Lipinski definition) is 8. The van der Waals surface area contributed by atoms with Crippen LogP contribution in [0.25, 0.3) is 0 Å². The molecule has 12 heteroatoms. The number of halogens is 1. The number of carboxylic acid groups (broad SMARTS) is 1. The van der Waals surface area contributed by atoms with E-state index in [2.05, 4.69) is 10.3 Å². The lowest BCUT2D eigenvalue weighted by Gasteiger charge is -2.42. The van der Waals surface area contributed by atoms with Crippen molar-refractivity contribution in [3.63, 3.8) is 0 Å². The quantitative estimate of drug-likeness (QED) is 0.256. The first-order valence-electron chi connectivity index (χ1n) is 9.25. The number of esters is 1. The number of nitrogens with one attached hydrogen (secondary N) is 1. The van der Waals surface area contributed by atoms with Crippen LogP contribution in [0.1, 0.15) is 39.7 Å². The fourth-order valence-corrected chi connectivity index (χ4v) is 3.87. The van der Waals surface area contributed by atoms with Crippen LogP contribution in [0.2, 0.25) is 0 Å². The standard InChI is InChI=1S/C19H28N2O8S.ClH/c1-14(22)21-9-6-10-30(26,27)28-13-18(3,4)19(17(24)25,29-15(2)23)11-16-7-5-8-20-12-16;/h5,7-8,12H,6,9-11,13H2,1-4H3,(H,21,22)(H,24,25);1H/t19-;/m0./s1. The summed E-state index contributed by atoms with van der Waals surface area (Å²) < 4.78 is 34.7. The Morgan fingerprint density at radius 3 is 2.35 bits per heavy atom. The zero-order chi connectivity index (χ0) is 23.0. The highest BCUT2D eigenvalue weighted by atomic mass is 35.5. The van der Waals surface area contributed by atoms with Crippen molar-refractivity contribution >= 4 is 40.4 Å². The van der Waals surface area contributed by atoms with E-state index in [0.717, 1.165) is 6.92 Å². The van der Waals surface area contributed by atoms with Gasteiger partial charge in [-0.05, 0) is 18.1 Å². The largest absolute Gasteiger partial charge is 0.478 e. The molecule has 0 radical (unpaired) electrons. The highest BCUT2D eigenvalue weighted by Crippen LogP contribution is 2.38. The van der Waals surface area contributed by atoms with Crippen molar-refractivity contribution in [2.24, 2.45) is 5.41 Å². The van der Waals surface area contributed by atoms with E-state index in [1.807, 2.05) is 0 Å². The maximum absolute atomic E-state index is 12.3. The number of amides is 1. The molecule has 0 spiro atoms. The number of pyridine rings is 1. The molecule has 1 atom stereocenters. The van der Waals surface area contributed by atoms with E-state index in [4.69, 9.17) is 8.92 Å². The first-order valence-corrected chi connectivity index (χ1v) is 10.8. The van der Waals surface area contributed by atoms with Crippen molar-refractivity contribution in [1.82, 2.24) is 10.3 Å². The number of rotatable bonds is 12. The molecule has 1 amide bonds. The van der Waals surface area contributed by atoms with E-state index >= 15 is 0 Å². The summed E-state index contributed by atoms with van der Waals surface area (Å²) in [5, 5.41) is 12.5. The van der Waals surface area contributed by atoms with Gasteiger partial charge in [0.2, 0.25) is 11.5 Å². The van der Waals surface area contributed by atoms with Gasteiger partial charge in [0.15, 0.2) is 0 Å². The molecule has 0 saturated carbocycles. The SMILES string of the molecule is CC(=O)NCCCS(=O)(=O)OCC(C)(C)[C@@](Cc1cccnc1)(OC(C)=O)C(=O)O.Cl. The van der Waals surface area contributed by atoms with Gasteiger partial charge in [-0.3, -0.25) is 18.8 Å². The Morgan fingerprint density at radius 2 is 1.87 bits per heavy atom. The minimum Gasteiger partial charge on any atom is -0.478 e. The van der Waals surface area contributed by atoms with Gasteiger partial charge in [-0.15, -0.1) is 12.4 Å². The van der Waals surface area contributed by atoms with Crippen molar-refractivity contribution < 1.29 is 36.8 Å². The highest BCUT2D eigenvalue weighted by molar-refractivity contribution is 7.86. The maximum Gasteiger partial charge on any atom is 0.349 e. The van der Waals surface area contributed by atoms with Gasteiger partial charge in [-0.1, -0.05) is 19.9 Å². The molecular weight excluding hydrogens is 452 g/mol. The number of aromatic nitrogens is 1. The first-order chi connectivity index (χ1) is 13.8. The predicted molar refractivity (Wildman–Crippen MR) is 114 cm³/mol. The Labute approximate surface area is 188 Å². The summed E-state index contributed by atoms with van der Waals surface area (Å²) in [6, 6.07) is 3.24. The molecule has 0 aliphatic carbocycles. The van der Waals surface area contributed by atoms with E-state index < -0.39 is 39.7 Å². The van der Waals surface area contributed by atoms with E-state index in [0.29, 0.717) is 5.56 Å². The van der Waals surface area contributed by atoms with Crippen LogP contribution in [0.5, 0.6) is 0 Å². The first kappa shape index (κ1) is 28.8. The van der Waals surface area contributed by atoms with E-state index in [1.165, 1.54) is 33.2 Å². The van der Waals surface area contributed by atoms with Crippen LogP contribution >= 0.6 is 12.4 Å². The summed E-state index contributed by atoms with van der Waals surface area (Å²) in [7, 11) is -4.00. The molecule has 0 bridgehead atoms. The normalized spacial score (nSPS) is 13.4. The summed E-state index contributed by atoms with van der Waals surface area (Å²) >= 11 is 0. The van der Waals surface area contributed by atoms with Gasteiger partial charge in [0, 0.05) is 44.6 Å². The minimum absolute atomic E-state index is 0. The van der Waals surface area contributed by atoms with Crippen LogP contribution in [-0.4, -0.2) is 60.9 Å². The third kappa shape index (κ3) is 8.80. The molecule has 1 heterocycles. The van der Waals surface area contributed by atoms with Crippen LogP contribution in [0.4, 0.5) is 0 Å². The van der Waals surface area contributed by atoms with Crippen molar-refractivity contribution in [2.75, 3.05) is 18.9 Å². The van der Waals surface area contributed by atoms with Gasteiger partial charge in [-0.25, -0.2) is 4.79 Å². The van der Waals surface area contributed by atoms with Crippen LogP contribution in [0.3, 0.4) is 0 Å². The lowest BCUT2D eigenvalue weighted by atomic mass is 9.72. The smallest absolute Gasteiger partial charge is 0.349 e. The Morgan fingerprint density at radius 1 is 1.23 bits per heavy atom. The molecule has 1 aromatic rings. The van der Waals surface area contributed by atoms with Gasteiger partial charge in [0.05, 0.1) is 12.4 Å². The summed E-state index contributed by atoms with van der Waals surface area (Å²) in [6.07, 6.45) is 2.86. The van der Waals surface area contributed by atoms with Crippen LogP contribution in [0.15, 0.2) is 24.5 Å². The Bertz CT molecular complexity index is 861. The number of hydrogen-bond donors (Lipinski definition) is 2. The number of carboxylic acids is 1. The summed E-state index contributed by atoms with van der Waals surface area (Å²) in [4.78, 5) is 38.8. The van der Waals surface area contributed by atoms with Crippen molar-refractivity contribution in [1.29, 1.82) is 0 Å². The Balaban J connectivity index is 0.00000900. The number of carbonyl (C=O) groups excluding carboxylic acids is 2. The monoisotopic (exact) mass is 480 g/mol. The maximum atomic E-state index is 12.3. The molecule has 176 valence electrons. The molecule has 0 aromatic carbocycles. The number of carbonyl (C=O) groups is 3. The lowest BCUT2D eigenvalue weighted by Crippen LogP contribution is -2.58. The average Bonchev–Trinajstić information content (AvgIpc) is 2.63. The summed E-state index contributed by atoms with van der Waals surface area (Å²) in [5.74, 6) is -2.90. The zero-order valence-corrected chi connectivity index (χ0v) is 19.5. The molecule has 0 aliphatic rings. The van der Waals surface area contributed by atoms with E-state index in [9.17, 15) is 27.9 Å². The predicted octanol–water partition coefficient (Wildman–Crippen LogP) is 1.33. The van der Waals surface area contributed by atoms with Crippen molar-refractivity contribution in [3.05, 3.63) is 30.1 Å². The van der Waals surface area contributed by atoms with Gasteiger partial charge < -0.3 is 15.2 Å². The molecule has 10 nitrogen and oxygen atoms in total. The van der Waals surface area contributed by atoms with Crippen LogP contribution < -0.4 is 5.32 Å². The molecule has 0 unspecified atom stereocenters. The minimum atomic E-state index is -4.00. The van der Waals surface area contributed by atoms with E-state index in [1.54, 1.807) is 12.1 Å². The van der Waals surface area contributed by atoms with E-state index in [-0.39, 0.29) is 43.5 Å². The second kappa shape index (κ2) is 12.0. The molecular formula is C19H29ClN2O8S. The Kier molecular flexibility index (Phi) is 11.1. The van der Waals surface area contributed by atoms with Crippen molar-refractivity contribution in [3.8, 4) is 0 Å². The van der Waals surface area contributed by atoms with Crippen LogP contribution in [-0.2, 0) is 39.8 Å². The summed E-state index contributed by atoms with van der Waals surface area (Å²) in [6.45, 7) is 4.93. The van der Waals surface area contributed by atoms with Gasteiger partial charge in [0.25, 0.3) is 10.1 Å². The number of nitrogens with zero attached hydrogens (tertiary/aromatic N) is 1. The molecule has 31 heavy (non-hydrogen) atoms. The number of ether oxygens (including phenoxy) is 1. The number of aliphatic carboxylic acids is 1. The molecule has 1 aromatic heterocycles. The molecule has 0 fully saturated rings. The molecule has 2 N–H and O–H groups in total. The topological polar surface area (TPSA) is 149 Å².